The minimum atomic E-state index is -0.285. The summed E-state index contributed by atoms with van der Waals surface area (Å²) in [5.74, 6) is 0.797. The molecule has 0 saturated carbocycles. The van der Waals surface area contributed by atoms with Crippen molar-refractivity contribution in [3.63, 3.8) is 0 Å². The summed E-state index contributed by atoms with van der Waals surface area (Å²) in [7, 11) is 0. The topological polar surface area (TPSA) is 68.2 Å². The highest BCUT2D eigenvalue weighted by molar-refractivity contribution is 5.91. The number of nitrogens with zero attached hydrogens (tertiary/aromatic N) is 2. The smallest absolute Gasteiger partial charge is 0.319 e. The predicted octanol–water partition coefficient (Wildman–Crippen LogP) is 3.38. The standard InChI is InChI=1S/C19H20N4O2/c1-15-6-4-7-16(14-15)25-13-11-20-19(24)22-17-8-2-3-9-18(17)23-12-5-10-21-23/h2-10,12,14H,11,13H2,1H3,(H2,20,22,24). The van der Waals surface area contributed by atoms with Gasteiger partial charge < -0.3 is 15.4 Å². The molecule has 0 saturated heterocycles. The maximum Gasteiger partial charge on any atom is 0.319 e. The Morgan fingerprint density at radius 1 is 1.16 bits per heavy atom. The van der Waals surface area contributed by atoms with E-state index in [1.807, 2.05) is 67.7 Å². The molecule has 3 rings (SSSR count). The van der Waals surface area contributed by atoms with Crippen LogP contribution in [0, 0.1) is 6.92 Å². The number of aryl methyl sites for hydroxylation is 1. The van der Waals surface area contributed by atoms with Crippen LogP contribution in [0.15, 0.2) is 67.0 Å². The molecule has 6 heteroatoms. The number of carbonyl (C=O) groups excluding carboxylic acids is 1. The summed E-state index contributed by atoms with van der Waals surface area (Å²) in [4.78, 5) is 12.1. The molecule has 25 heavy (non-hydrogen) atoms. The molecule has 1 aromatic heterocycles. The fourth-order valence-corrected chi connectivity index (χ4v) is 2.40. The molecule has 0 fully saturated rings. The third kappa shape index (κ3) is 4.60. The summed E-state index contributed by atoms with van der Waals surface area (Å²) < 4.78 is 7.32. The first kappa shape index (κ1) is 16.6. The first-order valence-corrected chi connectivity index (χ1v) is 8.06. The van der Waals surface area contributed by atoms with Crippen LogP contribution in [0.1, 0.15) is 5.56 Å². The van der Waals surface area contributed by atoms with Crippen molar-refractivity contribution in [1.82, 2.24) is 15.1 Å². The molecule has 128 valence electrons. The summed E-state index contributed by atoms with van der Waals surface area (Å²) in [6, 6.07) is 16.8. The van der Waals surface area contributed by atoms with Crippen molar-refractivity contribution in [2.45, 2.75) is 6.92 Å². The van der Waals surface area contributed by atoms with Crippen LogP contribution in [-0.4, -0.2) is 29.0 Å². The van der Waals surface area contributed by atoms with E-state index in [1.54, 1.807) is 10.9 Å². The van der Waals surface area contributed by atoms with Gasteiger partial charge in [-0.05, 0) is 42.8 Å². The molecule has 0 atom stereocenters. The number of benzene rings is 2. The van der Waals surface area contributed by atoms with E-state index in [2.05, 4.69) is 15.7 Å². The highest BCUT2D eigenvalue weighted by atomic mass is 16.5. The normalized spacial score (nSPS) is 10.3. The van der Waals surface area contributed by atoms with Gasteiger partial charge in [0.05, 0.1) is 17.9 Å². The number of amides is 2. The Morgan fingerprint density at radius 3 is 2.84 bits per heavy atom. The van der Waals surface area contributed by atoms with Crippen LogP contribution < -0.4 is 15.4 Å². The van der Waals surface area contributed by atoms with Gasteiger partial charge in [-0.15, -0.1) is 0 Å². The van der Waals surface area contributed by atoms with Crippen LogP contribution in [0.4, 0.5) is 10.5 Å². The SMILES string of the molecule is Cc1cccc(OCCNC(=O)Nc2ccccc2-n2cccn2)c1. The molecule has 6 nitrogen and oxygen atoms in total. The lowest BCUT2D eigenvalue weighted by atomic mass is 10.2. The van der Waals surface area contributed by atoms with Crippen LogP contribution in [0.2, 0.25) is 0 Å². The zero-order valence-corrected chi connectivity index (χ0v) is 14.0. The molecule has 0 unspecified atom stereocenters. The molecule has 0 bridgehead atoms. The van der Waals surface area contributed by atoms with Crippen molar-refractivity contribution in [1.29, 1.82) is 0 Å². The van der Waals surface area contributed by atoms with E-state index in [9.17, 15) is 4.79 Å². The molecule has 2 aromatic carbocycles. The Hall–Kier alpha value is -3.28. The number of urea groups is 1. The first-order valence-electron chi connectivity index (χ1n) is 8.06. The largest absolute Gasteiger partial charge is 0.492 e. The maximum absolute atomic E-state index is 12.1. The van der Waals surface area contributed by atoms with Crippen molar-refractivity contribution in [2.75, 3.05) is 18.5 Å². The second-order valence-electron chi connectivity index (χ2n) is 5.51. The van der Waals surface area contributed by atoms with E-state index in [-0.39, 0.29) is 6.03 Å². The number of hydrogen-bond donors (Lipinski definition) is 2. The van der Waals surface area contributed by atoms with E-state index in [0.29, 0.717) is 18.8 Å². The summed E-state index contributed by atoms with van der Waals surface area (Å²) in [6.45, 7) is 2.82. The summed E-state index contributed by atoms with van der Waals surface area (Å²) in [5, 5.41) is 9.82. The zero-order chi connectivity index (χ0) is 17.5. The van der Waals surface area contributed by atoms with Crippen LogP contribution in [0.3, 0.4) is 0 Å². The van der Waals surface area contributed by atoms with E-state index < -0.39 is 0 Å². The summed E-state index contributed by atoms with van der Waals surface area (Å²) >= 11 is 0. The molecule has 0 spiro atoms. The number of para-hydroxylation sites is 2. The predicted molar refractivity (Wildman–Crippen MR) is 97.3 cm³/mol. The number of aromatic nitrogens is 2. The molecule has 2 N–H and O–H groups in total. The second kappa shape index (κ2) is 8.01. The van der Waals surface area contributed by atoms with Gasteiger partial charge in [-0.1, -0.05) is 24.3 Å². The number of hydrogen-bond acceptors (Lipinski definition) is 3. The molecule has 0 aliphatic carbocycles. The van der Waals surface area contributed by atoms with Gasteiger partial charge >= 0.3 is 6.03 Å². The molecular weight excluding hydrogens is 316 g/mol. The molecule has 0 radical (unpaired) electrons. The number of nitrogens with one attached hydrogen (secondary N) is 2. The van der Waals surface area contributed by atoms with Crippen molar-refractivity contribution in [2.24, 2.45) is 0 Å². The third-order valence-corrected chi connectivity index (χ3v) is 3.55. The lowest BCUT2D eigenvalue weighted by Crippen LogP contribution is -2.32. The van der Waals surface area contributed by atoms with Crippen LogP contribution in [-0.2, 0) is 0 Å². The van der Waals surface area contributed by atoms with E-state index in [1.165, 1.54) is 0 Å². The zero-order valence-electron chi connectivity index (χ0n) is 14.0. The van der Waals surface area contributed by atoms with Gasteiger partial charge in [0.25, 0.3) is 0 Å². The fourth-order valence-electron chi connectivity index (χ4n) is 2.40. The average Bonchev–Trinajstić information content (AvgIpc) is 3.14. The van der Waals surface area contributed by atoms with E-state index in [4.69, 9.17) is 4.74 Å². The Bertz CT molecular complexity index is 831. The third-order valence-electron chi connectivity index (χ3n) is 3.55. The second-order valence-corrected chi connectivity index (χ2v) is 5.51. The molecule has 0 aliphatic rings. The Balaban J connectivity index is 1.50. The number of carbonyl (C=O) groups is 1. The van der Waals surface area contributed by atoms with Crippen molar-refractivity contribution >= 4 is 11.7 Å². The number of anilines is 1. The molecule has 2 amide bonds. The Morgan fingerprint density at radius 2 is 2.04 bits per heavy atom. The van der Waals surface area contributed by atoms with Gasteiger partial charge in [-0.3, -0.25) is 0 Å². The quantitative estimate of drug-likeness (QED) is 0.678. The fraction of sp³-hybridized carbons (Fsp3) is 0.158. The Kier molecular flexibility index (Phi) is 5.31. The first-order chi connectivity index (χ1) is 12.2. The van der Waals surface area contributed by atoms with Gasteiger partial charge in [0, 0.05) is 12.4 Å². The van der Waals surface area contributed by atoms with Crippen molar-refractivity contribution in [3.8, 4) is 11.4 Å². The number of rotatable bonds is 6. The van der Waals surface area contributed by atoms with Gasteiger partial charge in [0.1, 0.15) is 12.4 Å². The maximum atomic E-state index is 12.1. The summed E-state index contributed by atoms with van der Waals surface area (Å²) in [5.41, 5.74) is 2.63. The molecule has 1 heterocycles. The average molecular weight is 336 g/mol. The molecular formula is C19H20N4O2. The highest BCUT2D eigenvalue weighted by Gasteiger charge is 2.07. The van der Waals surface area contributed by atoms with Crippen LogP contribution in [0.25, 0.3) is 5.69 Å². The summed E-state index contributed by atoms with van der Waals surface area (Å²) in [6.07, 6.45) is 3.52. The lowest BCUT2D eigenvalue weighted by molar-refractivity contribution is 0.247. The monoisotopic (exact) mass is 336 g/mol. The highest BCUT2D eigenvalue weighted by Crippen LogP contribution is 2.18. The Labute approximate surface area is 146 Å². The van der Waals surface area contributed by atoms with Gasteiger partial charge in [-0.2, -0.15) is 5.10 Å². The minimum Gasteiger partial charge on any atom is -0.492 e. The van der Waals surface area contributed by atoms with Crippen LogP contribution >= 0.6 is 0 Å². The molecule has 3 aromatic rings. The number of ether oxygens (including phenoxy) is 1. The van der Waals surface area contributed by atoms with Crippen LogP contribution in [0.5, 0.6) is 5.75 Å². The van der Waals surface area contributed by atoms with E-state index >= 15 is 0 Å². The minimum absolute atomic E-state index is 0.285. The van der Waals surface area contributed by atoms with Crippen molar-refractivity contribution in [3.05, 3.63) is 72.6 Å². The van der Waals surface area contributed by atoms with Gasteiger partial charge in [-0.25, -0.2) is 9.48 Å². The molecule has 0 aliphatic heterocycles. The van der Waals surface area contributed by atoms with Crippen molar-refractivity contribution < 1.29 is 9.53 Å². The van der Waals surface area contributed by atoms with Gasteiger partial charge in [0.15, 0.2) is 0 Å². The van der Waals surface area contributed by atoms with E-state index in [0.717, 1.165) is 17.0 Å². The lowest BCUT2D eigenvalue weighted by Gasteiger charge is -2.12. The van der Waals surface area contributed by atoms with Gasteiger partial charge in [0.2, 0.25) is 0 Å².